The number of nitrogens with one attached hydrogen (secondary N) is 1. The Morgan fingerprint density at radius 3 is 1.57 bits per heavy atom. The normalized spacial score (nSPS) is 9.57. The monoisotopic (exact) mass is 463 g/mol. The quantitative estimate of drug-likeness (QED) is 0.341. The summed E-state index contributed by atoms with van der Waals surface area (Å²) in [4.78, 5) is 24.6. The third-order valence-corrected chi connectivity index (χ3v) is 4.06. The Balaban J connectivity index is 0. The summed E-state index contributed by atoms with van der Waals surface area (Å²) in [5, 5.41) is 17.0. The van der Waals surface area contributed by atoms with Gasteiger partial charge in [0.2, 0.25) is 0 Å². The standard InChI is InChI=1S/C12H26N.C9H9NO4.H2O.O.V/c1-2-3-4-5-6-7-8-9-10-11-12-13;11-8(12)4-6-2-1-3-7(10-6)5-9(13)14;;;/h13H,2-12H2,1H3;1-3H,4-5H2,(H,11,12)(H,13,14);1H2;;/q-1;;;;+1/p-1. The van der Waals surface area contributed by atoms with Gasteiger partial charge in [-0.15, -0.1) is 0 Å². The maximum atomic E-state index is 10.3. The molecule has 0 amide bonds. The first kappa shape index (κ1) is 30.6. The molecule has 0 aliphatic carbocycles. The molecule has 1 aromatic rings. The first-order valence-electron chi connectivity index (χ1n) is 10.4. The van der Waals surface area contributed by atoms with Crippen molar-refractivity contribution >= 4 is 11.9 Å². The SMILES string of the molecule is CCCCCCCCCCCC[NH-].O=C(O)Cc1cccc(CC(=O)O)n1.[O]=[V][OH]. The van der Waals surface area contributed by atoms with Gasteiger partial charge in [0.05, 0.1) is 24.2 Å². The average molecular weight is 463 g/mol. The Bertz CT molecular complexity index is 531. The number of nitrogens with zero attached hydrogens (tertiary/aromatic N) is 1. The molecule has 30 heavy (non-hydrogen) atoms. The molecule has 0 radical (unpaired) electrons. The van der Waals surface area contributed by atoms with Gasteiger partial charge in [0.25, 0.3) is 0 Å². The van der Waals surface area contributed by atoms with Crippen LogP contribution in [0.25, 0.3) is 5.73 Å². The van der Waals surface area contributed by atoms with Gasteiger partial charge in [-0.1, -0.05) is 77.2 Å². The molecule has 0 bridgehead atoms. The average Bonchev–Trinajstić information content (AvgIpc) is 2.67. The second kappa shape index (κ2) is 23.7. The van der Waals surface area contributed by atoms with Crippen molar-refractivity contribution in [2.24, 2.45) is 0 Å². The molecule has 1 rings (SSSR count). The molecule has 0 saturated carbocycles. The van der Waals surface area contributed by atoms with E-state index in [1.807, 2.05) is 0 Å². The van der Waals surface area contributed by atoms with Crippen LogP contribution in [0, 0.1) is 0 Å². The van der Waals surface area contributed by atoms with E-state index in [0.29, 0.717) is 17.9 Å². The van der Waals surface area contributed by atoms with Crippen LogP contribution in [0.3, 0.4) is 0 Å². The summed E-state index contributed by atoms with van der Waals surface area (Å²) >= 11 is -1.56. The minimum atomic E-state index is -1.56. The van der Waals surface area contributed by atoms with Gasteiger partial charge in [-0.25, -0.2) is 0 Å². The van der Waals surface area contributed by atoms with Crippen molar-refractivity contribution in [3.05, 3.63) is 35.3 Å². The third kappa shape index (κ3) is 24.4. The fraction of sp³-hybridized carbons (Fsp3) is 0.667. The van der Waals surface area contributed by atoms with E-state index >= 15 is 0 Å². The summed E-state index contributed by atoms with van der Waals surface area (Å²) in [6, 6.07) is 4.71. The van der Waals surface area contributed by atoms with Crippen LogP contribution in [0.5, 0.6) is 0 Å². The third-order valence-electron chi connectivity index (χ3n) is 4.06. The topological polar surface area (TPSA) is 149 Å². The maximum absolute atomic E-state index is 10.3. The van der Waals surface area contributed by atoms with Crippen LogP contribution in [0.15, 0.2) is 18.2 Å². The van der Waals surface area contributed by atoms with Crippen molar-refractivity contribution < 1.29 is 44.1 Å². The van der Waals surface area contributed by atoms with E-state index in [1.165, 1.54) is 57.8 Å². The number of carbonyl (C=O) groups is 2. The molecule has 172 valence electrons. The Hall–Kier alpha value is -1.61. The molecule has 0 spiro atoms. The van der Waals surface area contributed by atoms with Crippen molar-refractivity contribution in [2.45, 2.75) is 84.0 Å². The number of pyridine rings is 1. The van der Waals surface area contributed by atoms with Gasteiger partial charge in [0, 0.05) is 0 Å². The van der Waals surface area contributed by atoms with Crippen molar-refractivity contribution in [3.8, 4) is 0 Å². The molecule has 0 atom stereocenters. The molecule has 0 aliphatic rings. The molecule has 4 N–H and O–H groups in total. The van der Waals surface area contributed by atoms with Crippen LogP contribution in [-0.2, 0) is 42.7 Å². The zero-order chi connectivity index (χ0) is 23.0. The van der Waals surface area contributed by atoms with Crippen LogP contribution in [-0.4, -0.2) is 37.7 Å². The van der Waals surface area contributed by atoms with Crippen molar-refractivity contribution in [1.82, 2.24) is 4.98 Å². The zero-order valence-electron chi connectivity index (χ0n) is 17.9. The molecule has 0 aliphatic heterocycles. The van der Waals surface area contributed by atoms with Crippen LogP contribution in [0.2, 0.25) is 0 Å². The van der Waals surface area contributed by atoms with Gasteiger partial charge in [0.15, 0.2) is 0 Å². The zero-order valence-corrected chi connectivity index (χ0v) is 19.3. The van der Waals surface area contributed by atoms with Gasteiger partial charge < -0.3 is 15.9 Å². The molecular weight excluding hydrogens is 427 g/mol. The first-order valence-corrected chi connectivity index (χ1v) is 11.6. The minimum absolute atomic E-state index is 0.187. The van der Waals surface area contributed by atoms with Gasteiger partial charge >= 0.3 is 36.2 Å². The number of carboxylic acid groups (broad SMARTS) is 2. The number of hydrogen-bond donors (Lipinski definition) is 3. The van der Waals surface area contributed by atoms with Gasteiger partial charge in [-0.05, 0) is 12.1 Å². The Kier molecular flexibility index (Phi) is 24.1. The molecule has 1 aromatic heterocycles. The molecular formula is C21H36N2O6V-. The number of carboxylic acids is 2. The molecule has 0 saturated heterocycles. The summed E-state index contributed by atoms with van der Waals surface area (Å²) < 4.78 is 15.7. The molecule has 1 heterocycles. The van der Waals surface area contributed by atoms with E-state index in [4.69, 9.17) is 23.7 Å². The first-order chi connectivity index (χ1) is 14.4. The van der Waals surface area contributed by atoms with E-state index in [1.54, 1.807) is 18.2 Å². The van der Waals surface area contributed by atoms with Crippen LogP contribution in [0.4, 0.5) is 0 Å². The molecule has 0 fully saturated rings. The van der Waals surface area contributed by atoms with E-state index in [9.17, 15) is 9.59 Å². The molecule has 0 unspecified atom stereocenters. The molecule has 0 aromatic carbocycles. The Morgan fingerprint density at radius 2 is 1.23 bits per heavy atom. The van der Waals surface area contributed by atoms with Gasteiger partial charge in [0.1, 0.15) is 0 Å². The summed E-state index contributed by atoms with van der Waals surface area (Å²) in [7, 11) is 0. The van der Waals surface area contributed by atoms with E-state index < -0.39 is 28.5 Å². The fourth-order valence-corrected chi connectivity index (χ4v) is 2.65. The second-order valence-electron chi connectivity index (χ2n) is 6.77. The number of rotatable bonds is 14. The van der Waals surface area contributed by atoms with E-state index in [-0.39, 0.29) is 12.8 Å². The summed E-state index contributed by atoms with van der Waals surface area (Å²) in [6.07, 6.45) is 13.2. The fourth-order valence-electron chi connectivity index (χ4n) is 2.65. The van der Waals surface area contributed by atoms with Crippen molar-refractivity contribution in [2.75, 3.05) is 6.54 Å². The number of aromatic nitrogens is 1. The van der Waals surface area contributed by atoms with Crippen LogP contribution < -0.4 is 0 Å². The summed E-state index contributed by atoms with van der Waals surface area (Å²) in [5.41, 5.74) is 7.74. The predicted molar refractivity (Wildman–Crippen MR) is 111 cm³/mol. The van der Waals surface area contributed by atoms with E-state index in [0.717, 1.165) is 6.42 Å². The molecule has 9 heteroatoms. The predicted octanol–water partition coefficient (Wildman–Crippen LogP) is 4.62. The summed E-state index contributed by atoms with van der Waals surface area (Å²) in [6.45, 7) is 2.89. The number of hydrogen-bond acceptors (Lipinski definition) is 4. The van der Waals surface area contributed by atoms with E-state index in [2.05, 4.69) is 11.9 Å². The van der Waals surface area contributed by atoms with Crippen LogP contribution >= 0.6 is 0 Å². The Labute approximate surface area is 187 Å². The van der Waals surface area contributed by atoms with Crippen LogP contribution in [0.1, 0.15) is 82.5 Å². The van der Waals surface area contributed by atoms with Gasteiger partial charge in [-0.3, -0.25) is 14.6 Å². The van der Waals surface area contributed by atoms with Gasteiger partial charge in [-0.2, -0.15) is 6.54 Å². The van der Waals surface area contributed by atoms with Crippen molar-refractivity contribution in [1.29, 1.82) is 0 Å². The Morgan fingerprint density at radius 1 is 0.867 bits per heavy atom. The molecule has 8 nitrogen and oxygen atoms in total. The number of aliphatic carboxylic acids is 2. The second-order valence-corrected chi connectivity index (χ2v) is 7.03. The number of unbranched alkanes of at least 4 members (excludes halogenated alkanes) is 9. The summed E-state index contributed by atoms with van der Waals surface area (Å²) in [5.74, 6) is -1.96. The van der Waals surface area contributed by atoms with Crippen molar-refractivity contribution in [3.63, 3.8) is 0 Å².